The number of carbonyl (C=O) groups is 1. The summed E-state index contributed by atoms with van der Waals surface area (Å²) in [5.41, 5.74) is 0.818. The third-order valence-corrected chi connectivity index (χ3v) is 5.95. The number of thiazole rings is 1. The van der Waals surface area contributed by atoms with Crippen LogP contribution in [-0.4, -0.2) is 78.3 Å². The number of aromatic nitrogens is 1. The highest BCUT2D eigenvalue weighted by atomic mass is 32.1. The van der Waals surface area contributed by atoms with E-state index in [1.54, 1.807) is 0 Å². The number of morpholine rings is 1. The van der Waals surface area contributed by atoms with E-state index in [1.807, 2.05) is 18.7 Å². The second-order valence-corrected chi connectivity index (χ2v) is 8.12. The van der Waals surface area contributed by atoms with Crippen LogP contribution < -0.4 is 0 Å². The lowest BCUT2D eigenvalue weighted by Crippen LogP contribution is -2.49. The van der Waals surface area contributed by atoms with Gasteiger partial charge >= 0.3 is 0 Å². The number of aliphatic hydroxyl groups excluding tert-OH is 1. The molecule has 0 spiro atoms. The van der Waals surface area contributed by atoms with Crippen molar-refractivity contribution in [3.05, 3.63) is 15.6 Å². The van der Waals surface area contributed by atoms with E-state index in [9.17, 15) is 9.90 Å². The van der Waals surface area contributed by atoms with Crippen LogP contribution >= 0.6 is 11.3 Å². The molecule has 1 N–H and O–H groups in total. The molecule has 1 aromatic rings. The fraction of sp³-hybridized carbons (Fsp3) is 0.765. The van der Waals surface area contributed by atoms with Gasteiger partial charge in [-0.1, -0.05) is 0 Å². The summed E-state index contributed by atoms with van der Waals surface area (Å²) in [5, 5.41) is 10.6. The van der Waals surface area contributed by atoms with E-state index in [2.05, 4.69) is 9.88 Å². The van der Waals surface area contributed by atoms with Crippen LogP contribution in [0, 0.1) is 25.7 Å². The van der Waals surface area contributed by atoms with Crippen LogP contribution in [0.25, 0.3) is 0 Å². The SMILES string of the molecule is Cc1nc(C)c(C(=O)N2CC(CO)CC(CN3CCOCC3)C2)s1. The Bertz CT molecular complexity index is 571. The van der Waals surface area contributed by atoms with Crippen molar-refractivity contribution in [2.45, 2.75) is 20.3 Å². The van der Waals surface area contributed by atoms with Gasteiger partial charge in [-0.25, -0.2) is 4.98 Å². The minimum Gasteiger partial charge on any atom is -0.396 e. The molecule has 0 bridgehead atoms. The molecule has 3 rings (SSSR count). The van der Waals surface area contributed by atoms with Gasteiger partial charge < -0.3 is 14.7 Å². The molecule has 1 aromatic heterocycles. The summed E-state index contributed by atoms with van der Waals surface area (Å²) in [7, 11) is 0. The van der Waals surface area contributed by atoms with Gasteiger partial charge in [0.2, 0.25) is 0 Å². The third-order valence-electron chi connectivity index (χ3n) is 4.89. The second kappa shape index (κ2) is 7.91. The van der Waals surface area contributed by atoms with Crippen LogP contribution in [-0.2, 0) is 4.74 Å². The van der Waals surface area contributed by atoms with Gasteiger partial charge in [-0.15, -0.1) is 11.3 Å². The van der Waals surface area contributed by atoms with E-state index in [0.717, 1.165) is 61.4 Å². The predicted octanol–water partition coefficient (Wildman–Crippen LogP) is 1.16. The summed E-state index contributed by atoms with van der Waals surface area (Å²) in [6, 6.07) is 0. The molecule has 2 saturated heterocycles. The minimum atomic E-state index is 0.0724. The van der Waals surface area contributed by atoms with Crippen LogP contribution in [0.3, 0.4) is 0 Å². The zero-order chi connectivity index (χ0) is 17.1. The molecule has 2 unspecified atom stereocenters. The first-order valence-electron chi connectivity index (χ1n) is 8.71. The zero-order valence-corrected chi connectivity index (χ0v) is 15.3. The fourth-order valence-electron chi connectivity index (χ4n) is 3.77. The maximum absolute atomic E-state index is 12.9. The van der Waals surface area contributed by atoms with Crippen molar-refractivity contribution < 1.29 is 14.6 Å². The van der Waals surface area contributed by atoms with Crippen molar-refractivity contribution in [2.24, 2.45) is 11.8 Å². The number of carbonyl (C=O) groups excluding carboxylic acids is 1. The first-order chi connectivity index (χ1) is 11.6. The van der Waals surface area contributed by atoms with Gasteiger partial charge in [-0.05, 0) is 32.1 Å². The fourth-order valence-corrected chi connectivity index (χ4v) is 4.66. The lowest BCUT2D eigenvalue weighted by atomic mass is 9.89. The molecule has 7 heteroatoms. The van der Waals surface area contributed by atoms with Crippen molar-refractivity contribution >= 4 is 17.2 Å². The Kier molecular flexibility index (Phi) is 5.86. The second-order valence-electron chi connectivity index (χ2n) is 6.92. The Labute approximate surface area is 147 Å². The molecule has 2 atom stereocenters. The molecule has 0 saturated carbocycles. The molecule has 0 aliphatic carbocycles. The Morgan fingerprint density at radius 2 is 2.00 bits per heavy atom. The number of hydrogen-bond acceptors (Lipinski definition) is 6. The molecule has 134 valence electrons. The number of aryl methyl sites for hydroxylation is 2. The molecule has 0 aromatic carbocycles. The van der Waals surface area contributed by atoms with E-state index < -0.39 is 0 Å². The lowest BCUT2D eigenvalue weighted by Gasteiger charge is -2.39. The monoisotopic (exact) mass is 353 g/mol. The number of ether oxygens (including phenoxy) is 1. The largest absolute Gasteiger partial charge is 0.396 e. The summed E-state index contributed by atoms with van der Waals surface area (Å²) in [4.78, 5) is 22.4. The first kappa shape index (κ1) is 17.8. The minimum absolute atomic E-state index is 0.0724. The zero-order valence-electron chi connectivity index (χ0n) is 14.5. The maximum Gasteiger partial charge on any atom is 0.265 e. The number of amides is 1. The van der Waals surface area contributed by atoms with Crippen molar-refractivity contribution in [2.75, 3.05) is 52.5 Å². The predicted molar refractivity (Wildman–Crippen MR) is 93.4 cm³/mol. The maximum atomic E-state index is 12.9. The third kappa shape index (κ3) is 4.14. The van der Waals surface area contributed by atoms with Crippen molar-refractivity contribution in [3.63, 3.8) is 0 Å². The molecule has 0 radical (unpaired) electrons. The van der Waals surface area contributed by atoms with Gasteiger partial charge in [0.15, 0.2) is 0 Å². The summed E-state index contributed by atoms with van der Waals surface area (Å²) >= 11 is 1.47. The Balaban J connectivity index is 1.68. The Morgan fingerprint density at radius 3 is 2.62 bits per heavy atom. The molecule has 6 nitrogen and oxygen atoms in total. The Morgan fingerprint density at radius 1 is 1.29 bits per heavy atom. The van der Waals surface area contributed by atoms with Crippen molar-refractivity contribution in [1.82, 2.24) is 14.8 Å². The number of rotatable bonds is 4. The van der Waals surface area contributed by atoms with Crippen LogP contribution in [0.4, 0.5) is 0 Å². The summed E-state index contributed by atoms with van der Waals surface area (Å²) in [6.45, 7) is 9.86. The van der Waals surface area contributed by atoms with Gasteiger partial charge in [-0.2, -0.15) is 0 Å². The normalized spacial score (nSPS) is 25.9. The van der Waals surface area contributed by atoms with Gasteiger partial charge in [0.05, 0.1) is 23.9 Å². The molecule has 1 amide bonds. The molecule has 2 aliphatic rings. The Hall–Kier alpha value is -1.02. The van der Waals surface area contributed by atoms with Crippen molar-refractivity contribution in [3.8, 4) is 0 Å². The van der Waals surface area contributed by atoms with Crippen LogP contribution in [0.15, 0.2) is 0 Å². The molecule has 2 fully saturated rings. The molecule has 2 aliphatic heterocycles. The average molecular weight is 353 g/mol. The van der Waals surface area contributed by atoms with Crippen molar-refractivity contribution in [1.29, 1.82) is 0 Å². The highest BCUT2D eigenvalue weighted by Gasteiger charge is 2.32. The average Bonchev–Trinajstić information content (AvgIpc) is 2.93. The number of hydrogen-bond donors (Lipinski definition) is 1. The quantitative estimate of drug-likeness (QED) is 0.880. The molecule has 3 heterocycles. The van der Waals surface area contributed by atoms with Crippen LogP contribution in [0.2, 0.25) is 0 Å². The number of likely N-dealkylation sites (tertiary alicyclic amines) is 1. The molecular formula is C17H27N3O3S. The summed E-state index contributed by atoms with van der Waals surface area (Å²) in [6.07, 6.45) is 0.984. The topological polar surface area (TPSA) is 65.9 Å². The highest BCUT2D eigenvalue weighted by molar-refractivity contribution is 7.13. The summed E-state index contributed by atoms with van der Waals surface area (Å²) in [5.74, 6) is 0.651. The van der Waals surface area contributed by atoms with Gasteiger partial charge in [0.1, 0.15) is 4.88 Å². The van der Waals surface area contributed by atoms with Crippen LogP contribution in [0.5, 0.6) is 0 Å². The van der Waals surface area contributed by atoms with Gasteiger partial charge in [0.25, 0.3) is 5.91 Å². The van der Waals surface area contributed by atoms with E-state index in [-0.39, 0.29) is 18.4 Å². The lowest BCUT2D eigenvalue weighted by molar-refractivity contribution is 0.0131. The number of piperidine rings is 1. The molecular weight excluding hydrogens is 326 g/mol. The van der Waals surface area contributed by atoms with E-state index in [1.165, 1.54) is 11.3 Å². The van der Waals surface area contributed by atoms with Gasteiger partial charge in [0, 0.05) is 39.3 Å². The number of aliphatic hydroxyl groups is 1. The van der Waals surface area contributed by atoms with E-state index >= 15 is 0 Å². The standard InChI is InChI=1S/C17H27N3O3S/c1-12-16(24-13(2)18-12)17(22)20-9-14(7-15(10-20)11-21)8-19-3-5-23-6-4-19/h14-15,21H,3-11H2,1-2H3. The van der Waals surface area contributed by atoms with Gasteiger partial charge in [-0.3, -0.25) is 9.69 Å². The van der Waals surface area contributed by atoms with Crippen LogP contribution in [0.1, 0.15) is 26.8 Å². The summed E-state index contributed by atoms with van der Waals surface area (Å²) < 4.78 is 5.41. The highest BCUT2D eigenvalue weighted by Crippen LogP contribution is 2.27. The van der Waals surface area contributed by atoms with E-state index in [0.29, 0.717) is 12.5 Å². The molecule has 24 heavy (non-hydrogen) atoms. The van der Waals surface area contributed by atoms with E-state index in [4.69, 9.17) is 4.74 Å². The first-order valence-corrected chi connectivity index (χ1v) is 9.52. The smallest absolute Gasteiger partial charge is 0.265 e. The number of nitrogens with zero attached hydrogens (tertiary/aromatic N) is 3.